The fourth-order valence-corrected chi connectivity index (χ4v) is 2.14. The molecule has 0 aliphatic rings. The Bertz CT molecular complexity index is 563. The Kier molecular flexibility index (Phi) is 4.16. The Labute approximate surface area is 113 Å². The second-order valence-corrected chi connectivity index (χ2v) is 4.60. The van der Waals surface area contributed by atoms with Crippen LogP contribution in [0.25, 0.3) is 0 Å². The third-order valence-corrected chi connectivity index (χ3v) is 3.25. The topological polar surface area (TPSA) is 52.0 Å². The van der Waals surface area contributed by atoms with Crippen molar-refractivity contribution in [1.82, 2.24) is 20.1 Å². The van der Waals surface area contributed by atoms with Gasteiger partial charge in [0.05, 0.1) is 18.4 Å². The summed E-state index contributed by atoms with van der Waals surface area (Å²) < 4.78 is 7.14. The van der Waals surface area contributed by atoms with Gasteiger partial charge in [-0.1, -0.05) is 0 Å². The normalized spacial score (nSPS) is 10.7. The lowest BCUT2D eigenvalue weighted by atomic mass is 10.1. The molecule has 2 rings (SSSR count). The fraction of sp³-hybridized carbons (Fsp3) is 0.429. The maximum atomic E-state index is 5.37. The van der Waals surface area contributed by atoms with E-state index in [4.69, 9.17) is 4.74 Å². The van der Waals surface area contributed by atoms with Crippen LogP contribution in [-0.2, 0) is 20.1 Å². The molecule has 0 radical (unpaired) electrons. The van der Waals surface area contributed by atoms with Gasteiger partial charge in [-0.25, -0.2) is 4.68 Å². The van der Waals surface area contributed by atoms with Crippen molar-refractivity contribution < 1.29 is 4.74 Å². The highest BCUT2D eigenvalue weighted by Crippen LogP contribution is 2.20. The molecule has 2 aromatic rings. The van der Waals surface area contributed by atoms with Crippen molar-refractivity contribution >= 4 is 0 Å². The highest BCUT2D eigenvalue weighted by Gasteiger charge is 2.13. The first-order valence-electron chi connectivity index (χ1n) is 6.30. The zero-order chi connectivity index (χ0) is 13.8. The molecule has 2 heterocycles. The molecule has 0 saturated carbocycles. The Morgan fingerprint density at radius 1 is 1.32 bits per heavy atom. The highest BCUT2D eigenvalue weighted by molar-refractivity contribution is 5.31. The Balaban J connectivity index is 2.02. The van der Waals surface area contributed by atoms with Gasteiger partial charge < -0.3 is 10.1 Å². The molecule has 0 aliphatic heterocycles. The van der Waals surface area contributed by atoms with Gasteiger partial charge in [-0.2, -0.15) is 5.10 Å². The van der Waals surface area contributed by atoms with Crippen LogP contribution >= 0.6 is 0 Å². The van der Waals surface area contributed by atoms with Gasteiger partial charge in [0, 0.05) is 32.5 Å². The van der Waals surface area contributed by atoms with E-state index in [-0.39, 0.29) is 0 Å². The largest absolute Gasteiger partial charge is 0.481 e. The van der Waals surface area contributed by atoms with Gasteiger partial charge in [0.25, 0.3) is 0 Å². The van der Waals surface area contributed by atoms with Gasteiger partial charge in [-0.3, -0.25) is 4.98 Å². The molecule has 19 heavy (non-hydrogen) atoms. The summed E-state index contributed by atoms with van der Waals surface area (Å²) in [6, 6.07) is 2.02. The number of nitrogens with zero attached hydrogens (tertiary/aromatic N) is 3. The Morgan fingerprint density at radius 2 is 2.11 bits per heavy atom. The van der Waals surface area contributed by atoms with E-state index in [0.717, 1.165) is 30.2 Å². The van der Waals surface area contributed by atoms with Crippen molar-refractivity contribution in [3.8, 4) is 5.88 Å². The van der Waals surface area contributed by atoms with E-state index in [1.165, 1.54) is 11.1 Å². The summed E-state index contributed by atoms with van der Waals surface area (Å²) in [6.07, 6.45) is 3.71. The summed E-state index contributed by atoms with van der Waals surface area (Å²) in [5.74, 6) is 0.813. The third kappa shape index (κ3) is 2.93. The summed E-state index contributed by atoms with van der Waals surface area (Å²) in [5, 5.41) is 7.78. The van der Waals surface area contributed by atoms with E-state index < -0.39 is 0 Å². The molecule has 2 aromatic heterocycles. The van der Waals surface area contributed by atoms with E-state index in [1.807, 2.05) is 32.4 Å². The van der Waals surface area contributed by atoms with Gasteiger partial charge >= 0.3 is 0 Å². The lowest BCUT2D eigenvalue weighted by molar-refractivity contribution is 0.368. The highest BCUT2D eigenvalue weighted by atomic mass is 16.5. The van der Waals surface area contributed by atoms with Gasteiger partial charge in [0.15, 0.2) is 0 Å². The zero-order valence-electron chi connectivity index (χ0n) is 11.9. The molecule has 0 atom stereocenters. The predicted octanol–water partition coefficient (Wildman–Crippen LogP) is 1.73. The van der Waals surface area contributed by atoms with Gasteiger partial charge in [0.1, 0.15) is 0 Å². The number of hydrogen-bond donors (Lipinski definition) is 1. The monoisotopic (exact) mass is 260 g/mol. The minimum absolute atomic E-state index is 0.733. The van der Waals surface area contributed by atoms with Crippen molar-refractivity contribution in [3.63, 3.8) is 0 Å². The van der Waals surface area contributed by atoms with Crippen LogP contribution in [0.3, 0.4) is 0 Å². The summed E-state index contributed by atoms with van der Waals surface area (Å²) >= 11 is 0. The minimum Gasteiger partial charge on any atom is -0.481 e. The van der Waals surface area contributed by atoms with Gasteiger partial charge in [0.2, 0.25) is 5.88 Å². The third-order valence-electron chi connectivity index (χ3n) is 3.25. The van der Waals surface area contributed by atoms with E-state index in [1.54, 1.807) is 11.8 Å². The van der Waals surface area contributed by atoms with Gasteiger partial charge in [-0.05, 0) is 31.0 Å². The van der Waals surface area contributed by atoms with Crippen LogP contribution in [0.4, 0.5) is 0 Å². The number of aromatic nitrogens is 3. The predicted molar refractivity (Wildman–Crippen MR) is 74.0 cm³/mol. The Hall–Kier alpha value is -1.88. The van der Waals surface area contributed by atoms with Crippen LogP contribution < -0.4 is 10.1 Å². The van der Waals surface area contributed by atoms with Crippen LogP contribution in [0.15, 0.2) is 18.5 Å². The molecule has 102 valence electrons. The summed E-state index contributed by atoms with van der Waals surface area (Å²) in [6.45, 7) is 5.61. The zero-order valence-corrected chi connectivity index (χ0v) is 11.9. The lowest BCUT2D eigenvalue weighted by Crippen LogP contribution is -2.14. The summed E-state index contributed by atoms with van der Waals surface area (Å²) in [4.78, 5) is 4.15. The first-order valence-corrected chi connectivity index (χ1v) is 6.30. The molecule has 5 nitrogen and oxygen atoms in total. The number of rotatable bonds is 5. The number of nitrogens with one attached hydrogen (secondary N) is 1. The second-order valence-electron chi connectivity index (χ2n) is 4.60. The maximum Gasteiger partial charge on any atom is 0.216 e. The van der Waals surface area contributed by atoms with Crippen molar-refractivity contribution in [2.75, 3.05) is 7.11 Å². The molecular weight excluding hydrogens is 240 g/mol. The molecule has 0 saturated heterocycles. The maximum absolute atomic E-state index is 5.37. The molecule has 1 N–H and O–H groups in total. The van der Waals surface area contributed by atoms with Gasteiger partial charge in [-0.15, -0.1) is 0 Å². The molecule has 0 amide bonds. The molecular formula is C14H20N4O. The number of hydrogen-bond acceptors (Lipinski definition) is 4. The van der Waals surface area contributed by atoms with E-state index in [0.29, 0.717) is 0 Å². The van der Waals surface area contributed by atoms with E-state index in [9.17, 15) is 0 Å². The van der Waals surface area contributed by atoms with Crippen molar-refractivity contribution in [2.24, 2.45) is 7.05 Å². The minimum atomic E-state index is 0.733. The Morgan fingerprint density at radius 3 is 2.79 bits per heavy atom. The number of pyridine rings is 1. The van der Waals surface area contributed by atoms with Crippen LogP contribution in [0.5, 0.6) is 5.88 Å². The fourth-order valence-electron chi connectivity index (χ4n) is 2.14. The van der Waals surface area contributed by atoms with Crippen LogP contribution in [-0.4, -0.2) is 21.9 Å². The van der Waals surface area contributed by atoms with Crippen molar-refractivity contribution in [3.05, 3.63) is 40.8 Å². The van der Waals surface area contributed by atoms with Crippen LogP contribution in [0.1, 0.15) is 22.4 Å². The molecule has 0 aromatic carbocycles. The first kappa shape index (κ1) is 13.5. The molecule has 0 fully saturated rings. The van der Waals surface area contributed by atoms with Crippen LogP contribution in [0, 0.1) is 13.8 Å². The summed E-state index contributed by atoms with van der Waals surface area (Å²) in [5.41, 5.74) is 4.56. The number of methoxy groups -OCH3 is 1. The van der Waals surface area contributed by atoms with Crippen LogP contribution in [0.2, 0.25) is 0 Å². The summed E-state index contributed by atoms with van der Waals surface area (Å²) in [7, 11) is 3.56. The first-order chi connectivity index (χ1) is 9.13. The SMILES string of the molecule is COc1c(CNCc2cnccc2C)c(C)nn1C. The quantitative estimate of drug-likeness (QED) is 0.889. The molecule has 0 aliphatic carbocycles. The second kappa shape index (κ2) is 5.84. The van der Waals surface area contributed by atoms with Crippen molar-refractivity contribution in [2.45, 2.75) is 26.9 Å². The van der Waals surface area contributed by atoms with E-state index >= 15 is 0 Å². The molecule has 5 heteroatoms. The van der Waals surface area contributed by atoms with Crippen molar-refractivity contribution in [1.29, 1.82) is 0 Å². The molecule has 0 unspecified atom stereocenters. The lowest BCUT2D eigenvalue weighted by Gasteiger charge is -2.08. The standard InChI is InChI=1S/C14H20N4O/c1-10-5-6-15-7-12(10)8-16-9-13-11(2)17-18(3)14(13)19-4/h5-7,16H,8-9H2,1-4H3. The number of ether oxygens (including phenoxy) is 1. The molecule has 0 bridgehead atoms. The average Bonchev–Trinajstić information content (AvgIpc) is 2.66. The van der Waals surface area contributed by atoms with E-state index in [2.05, 4.69) is 22.3 Å². The number of aryl methyl sites for hydroxylation is 3. The molecule has 0 spiro atoms. The smallest absolute Gasteiger partial charge is 0.216 e. The average molecular weight is 260 g/mol.